The van der Waals surface area contributed by atoms with E-state index in [1.54, 1.807) is 6.07 Å². The SMILES string of the molecule is O=C(c1ccccc1)C(F)(F)Cc1ccc(F)cc1. The number of carbonyl (C=O) groups excluding carboxylic acids is 1. The summed E-state index contributed by atoms with van der Waals surface area (Å²) >= 11 is 0. The number of hydrogen-bond donors (Lipinski definition) is 0. The Morgan fingerprint density at radius 3 is 2.11 bits per heavy atom. The molecule has 2 aromatic rings. The summed E-state index contributed by atoms with van der Waals surface area (Å²) in [6.07, 6.45) is -0.735. The molecule has 0 N–H and O–H groups in total. The van der Waals surface area contributed by atoms with Crippen LogP contribution in [-0.4, -0.2) is 11.7 Å². The molecule has 0 aliphatic carbocycles. The van der Waals surface area contributed by atoms with Crippen LogP contribution in [0.2, 0.25) is 0 Å². The van der Waals surface area contributed by atoms with Gasteiger partial charge in [0.2, 0.25) is 5.78 Å². The molecule has 0 saturated heterocycles. The average molecular weight is 264 g/mol. The van der Waals surface area contributed by atoms with Gasteiger partial charge in [-0.05, 0) is 17.7 Å². The van der Waals surface area contributed by atoms with Crippen LogP contribution < -0.4 is 0 Å². The fourth-order valence-corrected chi connectivity index (χ4v) is 1.74. The van der Waals surface area contributed by atoms with Crippen LogP contribution in [0.5, 0.6) is 0 Å². The molecule has 0 fully saturated rings. The number of halogens is 3. The molecule has 0 radical (unpaired) electrons. The normalized spacial score (nSPS) is 11.3. The van der Waals surface area contributed by atoms with Crippen LogP contribution in [0.4, 0.5) is 13.2 Å². The van der Waals surface area contributed by atoms with Gasteiger partial charge in [-0.15, -0.1) is 0 Å². The van der Waals surface area contributed by atoms with Gasteiger partial charge in [-0.25, -0.2) is 4.39 Å². The van der Waals surface area contributed by atoms with E-state index in [1.807, 2.05) is 0 Å². The van der Waals surface area contributed by atoms with E-state index in [4.69, 9.17) is 0 Å². The summed E-state index contributed by atoms with van der Waals surface area (Å²) < 4.78 is 40.4. The Hall–Kier alpha value is -2.10. The van der Waals surface area contributed by atoms with Crippen molar-refractivity contribution in [2.75, 3.05) is 0 Å². The van der Waals surface area contributed by atoms with E-state index in [2.05, 4.69) is 0 Å². The van der Waals surface area contributed by atoms with Crippen molar-refractivity contribution in [2.24, 2.45) is 0 Å². The lowest BCUT2D eigenvalue weighted by atomic mass is 9.99. The van der Waals surface area contributed by atoms with Gasteiger partial charge in [0, 0.05) is 12.0 Å². The van der Waals surface area contributed by atoms with E-state index >= 15 is 0 Å². The van der Waals surface area contributed by atoms with Gasteiger partial charge in [0.15, 0.2) is 0 Å². The molecule has 0 unspecified atom stereocenters. The van der Waals surface area contributed by atoms with Crippen LogP contribution >= 0.6 is 0 Å². The Balaban J connectivity index is 2.18. The molecule has 0 bridgehead atoms. The Kier molecular flexibility index (Phi) is 3.69. The summed E-state index contributed by atoms with van der Waals surface area (Å²) in [5.41, 5.74) is 0.185. The summed E-state index contributed by atoms with van der Waals surface area (Å²) in [7, 11) is 0. The topological polar surface area (TPSA) is 17.1 Å². The van der Waals surface area contributed by atoms with E-state index in [-0.39, 0.29) is 11.1 Å². The number of alkyl halides is 2. The van der Waals surface area contributed by atoms with Gasteiger partial charge in [0.25, 0.3) is 0 Å². The third-order valence-electron chi connectivity index (χ3n) is 2.71. The predicted molar refractivity (Wildman–Crippen MR) is 65.8 cm³/mol. The molecule has 0 spiro atoms. The second kappa shape index (κ2) is 5.26. The van der Waals surface area contributed by atoms with E-state index in [9.17, 15) is 18.0 Å². The third kappa shape index (κ3) is 3.22. The van der Waals surface area contributed by atoms with Crippen LogP contribution in [0.1, 0.15) is 15.9 Å². The summed E-state index contributed by atoms with van der Waals surface area (Å²) in [4.78, 5) is 11.7. The van der Waals surface area contributed by atoms with Crippen molar-refractivity contribution in [1.29, 1.82) is 0 Å². The van der Waals surface area contributed by atoms with Crippen molar-refractivity contribution in [3.63, 3.8) is 0 Å². The van der Waals surface area contributed by atoms with Crippen LogP contribution in [0.25, 0.3) is 0 Å². The van der Waals surface area contributed by atoms with E-state index < -0.39 is 23.9 Å². The van der Waals surface area contributed by atoms with Crippen molar-refractivity contribution < 1.29 is 18.0 Å². The first kappa shape index (κ1) is 13.3. The van der Waals surface area contributed by atoms with Crippen LogP contribution in [0.3, 0.4) is 0 Å². The first-order valence-electron chi connectivity index (χ1n) is 5.71. The monoisotopic (exact) mass is 264 g/mol. The van der Waals surface area contributed by atoms with Crippen molar-refractivity contribution >= 4 is 5.78 Å². The number of Topliss-reactive ketones (excluding diaryl/α,β-unsaturated/α-hetero) is 1. The largest absolute Gasteiger partial charge is 0.313 e. The Labute approximate surface area is 108 Å². The molecule has 0 amide bonds. The molecule has 4 heteroatoms. The summed E-state index contributed by atoms with van der Waals surface area (Å²) in [6.45, 7) is 0. The second-order valence-corrected chi connectivity index (χ2v) is 4.20. The minimum atomic E-state index is -3.50. The molecule has 0 aromatic heterocycles. The van der Waals surface area contributed by atoms with Gasteiger partial charge in [0.05, 0.1) is 0 Å². The van der Waals surface area contributed by atoms with Crippen molar-refractivity contribution in [3.8, 4) is 0 Å². The molecule has 1 nitrogen and oxygen atoms in total. The van der Waals surface area contributed by atoms with Crippen LogP contribution in [-0.2, 0) is 6.42 Å². The maximum Gasteiger partial charge on any atom is 0.313 e. The number of benzene rings is 2. The lowest BCUT2D eigenvalue weighted by Gasteiger charge is -2.15. The van der Waals surface area contributed by atoms with Gasteiger partial charge in [-0.1, -0.05) is 42.5 Å². The predicted octanol–water partition coefficient (Wildman–Crippen LogP) is 3.89. The minimum Gasteiger partial charge on any atom is -0.287 e. The lowest BCUT2D eigenvalue weighted by molar-refractivity contribution is 0.0106. The van der Waals surface area contributed by atoms with Gasteiger partial charge in [0.1, 0.15) is 5.82 Å². The van der Waals surface area contributed by atoms with Gasteiger partial charge in [-0.2, -0.15) is 8.78 Å². The zero-order valence-electron chi connectivity index (χ0n) is 9.95. The summed E-state index contributed by atoms with van der Waals surface area (Å²) in [5.74, 6) is -5.22. The first-order chi connectivity index (χ1) is 8.99. The molecular weight excluding hydrogens is 253 g/mol. The molecule has 2 rings (SSSR count). The standard InChI is InChI=1S/C15H11F3O/c16-13-8-6-11(7-9-13)10-15(17,18)14(19)12-4-2-1-3-5-12/h1-9H,10H2. The Bertz CT molecular complexity index is 562. The van der Waals surface area contributed by atoms with E-state index in [1.165, 1.54) is 36.4 Å². The highest BCUT2D eigenvalue weighted by molar-refractivity contribution is 6.01. The van der Waals surface area contributed by atoms with Gasteiger partial charge >= 0.3 is 5.92 Å². The fraction of sp³-hybridized carbons (Fsp3) is 0.133. The number of carbonyl (C=O) groups is 1. The smallest absolute Gasteiger partial charge is 0.287 e. The zero-order valence-corrected chi connectivity index (χ0v) is 9.95. The maximum absolute atomic E-state index is 13.8. The third-order valence-corrected chi connectivity index (χ3v) is 2.71. The maximum atomic E-state index is 13.8. The zero-order chi connectivity index (χ0) is 13.9. The molecule has 0 aliphatic rings. The van der Waals surface area contributed by atoms with Crippen LogP contribution in [0, 0.1) is 5.82 Å². The molecule has 0 atom stereocenters. The first-order valence-corrected chi connectivity index (χ1v) is 5.71. The van der Waals surface area contributed by atoms with Crippen molar-refractivity contribution in [3.05, 3.63) is 71.5 Å². The Morgan fingerprint density at radius 1 is 0.947 bits per heavy atom. The number of ketones is 1. The molecular formula is C15H11F3O. The quantitative estimate of drug-likeness (QED) is 0.766. The average Bonchev–Trinajstić information content (AvgIpc) is 2.41. The highest BCUT2D eigenvalue weighted by atomic mass is 19.3. The highest BCUT2D eigenvalue weighted by Gasteiger charge is 2.39. The van der Waals surface area contributed by atoms with E-state index in [0.29, 0.717) is 0 Å². The second-order valence-electron chi connectivity index (χ2n) is 4.20. The molecule has 98 valence electrons. The summed E-state index contributed by atoms with van der Waals surface area (Å²) in [5, 5.41) is 0. The molecule has 0 saturated carbocycles. The fourth-order valence-electron chi connectivity index (χ4n) is 1.74. The van der Waals surface area contributed by atoms with E-state index in [0.717, 1.165) is 12.1 Å². The van der Waals surface area contributed by atoms with Crippen LogP contribution in [0.15, 0.2) is 54.6 Å². The van der Waals surface area contributed by atoms with Gasteiger partial charge < -0.3 is 0 Å². The van der Waals surface area contributed by atoms with Crippen molar-refractivity contribution in [2.45, 2.75) is 12.3 Å². The molecule has 2 aromatic carbocycles. The van der Waals surface area contributed by atoms with Gasteiger partial charge in [-0.3, -0.25) is 4.79 Å². The number of hydrogen-bond acceptors (Lipinski definition) is 1. The minimum absolute atomic E-state index is 0.0328. The lowest BCUT2D eigenvalue weighted by Crippen LogP contribution is -2.31. The molecule has 0 heterocycles. The molecule has 0 aliphatic heterocycles. The number of rotatable bonds is 4. The summed E-state index contributed by atoms with van der Waals surface area (Å²) in [6, 6.07) is 12.1. The Morgan fingerprint density at radius 2 is 1.53 bits per heavy atom. The molecule has 19 heavy (non-hydrogen) atoms. The van der Waals surface area contributed by atoms with Crippen molar-refractivity contribution in [1.82, 2.24) is 0 Å². The highest BCUT2D eigenvalue weighted by Crippen LogP contribution is 2.25.